The summed E-state index contributed by atoms with van der Waals surface area (Å²) in [6.07, 6.45) is 5.29. The molecule has 1 fully saturated rings. The molecule has 4 N–H and O–H groups in total. The van der Waals surface area contributed by atoms with Gasteiger partial charge in [0.2, 0.25) is 0 Å². The van der Waals surface area contributed by atoms with Gasteiger partial charge in [-0.05, 0) is 37.8 Å². The van der Waals surface area contributed by atoms with Crippen LogP contribution in [0.15, 0.2) is 23.3 Å². The maximum absolute atomic E-state index is 11.7. The van der Waals surface area contributed by atoms with Crippen molar-refractivity contribution in [2.75, 3.05) is 11.1 Å². The maximum atomic E-state index is 11.7. The molecule has 0 saturated heterocycles. The van der Waals surface area contributed by atoms with Crippen LogP contribution in [-0.4, -0.2) is 16.0 Å². The van der Waals surface area contributed by atoms with Gasteiger partial charge >= 0.3 is 0 Å². The standard InChI is InChI=1S/C14H18N4O/c1-8(9-3-2-4-9)18-13-6-12-10(5-11(13)15)14(19)17-7-16-12/h5-9,18H,2-4,15H2,1H3,(H,16,17,19). The zero-order valence-electron chi connectivity index (χ0n) is 10.9. The molecule has 1 aromatic carbocycles. The minimum Gasteiger partial charge on any atom is -0.397 e. The number of aromatic amines is 1. The van der Waals surface area contributed by atoms with Gasteiger partial charge in [0, 0.05) is 6.04 Å². The number of nitrogens with two attached hydrogens (primary N) is 1. The third kappa shape index (κ3) is 2.16. The molecule has 2 aromatic rings. The van der Waals surface area contributed by atoms with E-state index in [1.165, 1.54) is 25.6 Å². The molecule has 0 radical (unpaired) electrons. The number of aromatic nitrogens is 2. The average Bonchev–Trinajstić information content (AvgIpc) is 2.29. The van der Waals surface area contributed by atoms with Crippen molar-refractivity contribution in [2.45, 2.75) is 32.2 Å². The Balaban J connectivity index is 1.95. The fourth-order valence-electron chi connectivity index (χ4n) is 2.56. The number of hydrogen-bond acceptors (Lipinski definition) is 4. The lowest BCUT2D eigenvalue weighted by Gasteiger charge is -2.32. The lowest BCUT2D eigenvalue weighted by Crippen LogP contribution is -2.31. The summed E-state index contributed by atoms with van der Waals surface area (Å²) >= 11 is 0. The molecule has 0 amide bonds. The second-order valence-electron chi connectivity index (χ2n) is 5.31. The number of rotatable bonds is 3. The van der Waals surface area contributed by atoms with E-state index in [9.17, 15) is 4.79 Å². The van der Waals surface area contributed by atoms with Crippen molar-refractivity contribution in [1.82, 2.24) is 9.97 Å². The Morgan fingerprint density at radius 2 is 2.26 bits per heavy atom. The van der Waals surface area contributed by atoms with Gasteiger partial charge in [0.25, 0.3) is 5.56 Å². The molecule has 1 atom stereocenters. The van der Waals surface area contributed by atoms with Crippen molar-refractivity contribution < 1.29 is 0 Å². The van der Waals surface area contributed by atoms with E-state index >= 15 is 0 Å². The molecule has 0 aliphatic heterocycles. The average molecular weight is 258 g/mol. The van der Waals surface area contributed by atoms with Gasteiger partial charge in [-0.2, -0.15) is 0 Å². The van der Waals surface area contributed by atoms with E-state index in [0.29, 0.717) is 22.6 Å². The lowest BCUT2D eigenvalue weighted by atomic mass is 9.80. The van der Waals surface area contributed by atoms with E-state index in [1.807, 2.05) is 6.07 Å². The Kier molecular flexibility index (Phi) is 2.89. The first-order valence-electron chi connectivity index (χ1n) is 6.68. The molecule has 100 valence electrons. The highest BCUT2D eigenvalue weighted by atomic mass is 16.1. The predicted octanol–water partition coefficient (Wildman–Crippen LogP) is 2.11. The molecule has 0 bridgehead atoms. The van der Waals surface area contributed by atoms with Crippen LogP contribution in [0, 0.1) is 5.92 Å². The van der Waals surface area contributed by atoms with Crippen molar-refractivity contribution in [3.05, 3.63) is 28.8 Å². The summed E-state index contributed by atoms with van der Waals surface area (Å²) in [5.41, 5.74) is 7.99. The smallest absolute Gasteiger partial charge is 0.258 e. The van der Waals surface area contributed by atoms with Crippen LogP contribution in [0.5, 0.6) is 0 Å². The molecule has 3 rings (SSSR count). The van der Waals surface area contributed by atoms with E-state index in [0.717, 1.165) is 11.6 Å². The van der Waals surface area contributed by atoms with Gasteiger partial charge in [-0.25, -0.2) is 4.98 Å². The largest absolute Gasteiger partial charge is 0.397 e. The Labute approximate surface area is 111 Å². The minimum atomic E-state index is -0.157. The highest BCUT2D eigenvalue weighted by Gasteiger charge is 2.24. The number of nitrogens with one attached hydrogen (secondary N) is 2. The zero-order valence-corrected chi connectivity index (χ0v) is 10.9. The van der Waals surface area contributed by atoms with Crippen LogP contribution in [0.25, 0.3) is 10.9 Å². The summed E-state index contributed by atoms with van der Waals surface area (Å²) in [6.45, 7) is 2.18. The van der Waals surface area contributed by atoms with E-state index in [2.05, 4.69) is 22.2 Å². The summed E-state index contributed by atoms with van der Waals surface area (Å²) in [4.78, 5) is 18.4. The molecule has 1 unspecified atom stereocenters. The topological polar surface area (TPSA) is 83.8 Å². The lowest BCUT2D eigenvalue weighted by molar-refractivity contribution is 0.285. The maximum Gasteiger partial charge on any atom is 0.258 e. The van der Waals surface area contributed by atoms with Crippen LogP contribution in [0.4, 0.5) is 11.4 Å². The van der Waals surface area contributed by atoms with Gasteiger partial charge in [-0.3, -0.25) is 4.79 Å². The van der Waals surface area contributed by atoms with Crippen LogP contribution < -0.4 is 16.6 Å². The third-order valence-electron chi connectivity index (χ3n) is 4.05. The zero-order chi connectivity index (χ0) is 13.4. The van der Waals surface area contributed by atoms with Crippen LogP contribution >= 0.6 is 0 Å². The van der Waals surface area contributed by atoms with Crippen molar-refractivity contribution in [2.24, 2.45) is 5.92 Å². The molecule has 0 spiro atoms. The van der Waals surface area contributed by atoms with Gasteiger partial charge in [0.1, 0.15) is 0 Å². The number of H-pyrrole nitrogens is 1. The van der Waals surface area contributed by atoms with Gasteiger partial charge in [-0.15, -0.1) is 0 Å². The number of nitrogen functional groups attached to an aromatic ring is 1. The van der Waals surface area contributed by atoms with Gasteiger partial charge < -0.3 is 16.0 Å². The minimum absolute atomic E-state index is 0.157. The number of benzene rings is 1. The molecule has 1 aromatic heterocycles. The highest BCUT2D eigenvalue weighted by molar-refractivity contribution is 5.88. The normalized spacial score (nSPS) is 17.1. The van der Waals surface area contributed by atoms with Gasteiger partial charge in [-0.1, -0.05) is 6.42 Å². The number of anilines is 2. The Morgan fingerprint density at radius 3 is 2.95 bits per heavy atom. The molecule has 5 nitrogen and oxygen atoms in total. The second kappa shape index (κ2) is 4.57. The fraction of sp³-hybridized carbons (Fsp3) is 0.429. The molecular weight excluding hydrogens is 240 g/mol. The predicted molar refractivity (Wildman–Crippen MR) is 77.2 cm³/mol. The third-order valence-corrected chi connectivity index (χ3v) is 4.05. The summed E-state index contributed by atoms with van der Waals surface area (Å²) in [5.74, 6) is 0.724. The van der Waals surface area contributed by atoms with Crippen molar-refractivity contribution in [3.63, 3.8) is 0 Å². The monoisotopic (exact) mass is 258 g/mol. The van der Waals surface area contributed by atoms with E-state index in [-0.39, 0.29) is 5.56 Å². The van der Waals surface area contributed by atoms with Crippen molar-refractivity contribution >= 4 is 22.3 Å². The van der Waals surface area contributed by atoms with Gasteiger partial charge in [0.15, 0.2) is 0 Å². The Morgan fingerprint density at radius 1 is 1.47 bits per heavy atom. The van der Waals surface area contributed by atoms with Crippen LogP contribution in [0.1, 0.15) is 26.2 Å². The SMILES string of the molecule is CC(Nc1cc2nc[nH]c(=O)c2cc1N)C1CCC1. The van der Waals surface area contributed by atoms with Gasteiger partial charge in [0.05, 0.1) is 28.6 Å². The molecule has 1 saturated carbocycles. The van der Waals surface area contributed by atoms with Crippen molar-refractivity contribution in [1.29, 1.82) is 0 Å². The first kappa shape index (κ1) is 12.0. The second-order valence-corrected chi connectivity index (χ2v) is 5.31. The molecule has 1 aliphatic rings. The highest BCUT2D eigenvalue weighted by Crippen LogP contribution is 2.32. The summed E-state index contributed by atoms with van der Waals surface area (Å²) in [5, 5.41) is 3.98. The molecule has 19 heavy (non-hydrogen) atoms. The molecular formula is C14H18N4O. The number of fused-ring (bicyclic) bond motifs is 1. The number of nitrogens with zero attached hydrogens (tertiary/aromatic N) is 1. The van der Waals surface area contributed by atoms with Crippen LogP contribution in [0.2, 0.25) is 0 Å². The van der Waals surface area contributed by atoms with E-state index in [1.54, 1.807) is 6.07 Å². The van der Waals surface area contributed by atoms with E-state index < -0.39 is 0 Å². The van der Waals surface area contributed by atoms with Crippen LogP contribution in [-0.2, 0) is 0 Å². The fourth-order valence-corrected chi connectivity index (χ4v) is 2.56. The Bertz CT molecular complexity index is 660. The molecule has 1 aliphatic carbocycles. The Hall–Kier alpha value is -2.04. The van der Waals surface area contributed by atoms with Crippen LogP contribution in [0.3, 0.4) is 0 Å². The molecule has 5 heteroatoms. The van der Waals surface area contributed by atoms with Crippen molar-refractivity contribution in [3.8, 4) is 0 Å². The first-order chi connectivity index (χ1) is 9.15. The quantitative estimate of drug-likeness (QED) is 0.736. The van der Waals surface area contributed by atoms with E-state index in [4.69, 9.17) is 5.73 Å². The number of hydrogen-bond donors (Lipinski definition) is 3. The summed E-state index contributed by atoms with van der Waals surface area (Å²) in [6, 6.07) is 3.95. The summed E-state index contributed by atoms with van der Waals surface area (Å²) < 4.78 is 0. The first-order valence-corrected chi connectivity index (χ1v) is 6.68. The summed E-state index contributed by atoms with van der Waals surface area (Å²) in [7, 11) is 0. The molecule has 1 heterocycles.